The summed E-state index contributed by atoms with van der Waals surface area (Å²) in [5.74, 6) is -0.238. The molecular formula is C18H19ClN2O3S. The van der Waals surface area contributed by atoms with Gasteiger partial charge in [0.1, 0.15) is 0 Å². The Morgan fingerprint density at radius 1 is 1.12 bits per heavy atom. The van der Waals surface area contributed by atoms with Gasteiger partial charge in [-0.05, 0) is 55.2 Å². The quantitative estimate of drug-likeness (QED) is 0.777. The molecule has 0 bridgehead atoms. The second-order valence-electron chi connectivity index (χ2n) is 6.05. The first-order valence-corrected chi connectivity index (χ1v) is 9.95. The number of nitrogens with one attached hydrogen (secondary N) is 2. The van der Waals surface area contributed by atoms with Crippen LogP contribution in [0.25, 0.3) is 0 Å². The maximum Gasteiger partial charge on any atom is 0.251 e. The maximum absolute atomic E-state index is 12.4. The Hall–Kier alpha value is -1.89. The third kappa shape index (κ3) is 5.04. The molecule has 7 heteroatoms. The first kappa shape index (κ1) is 17.9. The van der Waals surface area contributed by atoms with Crippen LogP contribution in [0.4, 0.5) is 0 Å². The fourth-order valence-corrected chi connectivity index (χ4v) is 3.70. The average molecular weight is 379 g/mol. The minimum Gasteiger partial charge on any atom is -0.349 e. The zero-order valence-corrected chi connectivity index (χ0v) is 15.1. The Morgan fingerprint density at radius 2 is 1.88 bits per heavy atom. The second kappa shape index (κ2) is 7.56. The van der Waals surface area contributed by atoms with E-state index < -0.39 is 10.0 Å². The Morgan fingerprint density at radius 3 is 2.60 bits per heavy atom. The molecule has 3 rings (SSSR count). The number of hydrogen-bond donors (Lipinski definition) is 2. The molecule has 1 fully saturated rings. The van der Waals surface area contributed by atoms with E-state index >= 15 is 0 Å². The molecule has 0 aromatic heterocycles. The minimum atomic E-state index is -3.67. The molecule has 0 unspecified atom stereocenters. The predicted molar refractivity (Wildman–Crippen MR) is 97.3 cm³/mol. The summed E-state index contributed by atoms with van der Waals surface area (Å²) in [5, 5.41) is 3.47. The summed E-state index contributed by atoms with van der Waals surface area (Å²) >= 11 is 5.92. The summed E-state index contributed by atoms with van der Waals surface area (Å²) < 4.78 is 27.4. The van der Waals surface area contributed by atoms with Crippen LogP contribution < -0.4 is 10.0 Å². The molecule has 1 aliphatic carbocycles. The molecule has 0 saturated heterocycles. The van der Waals surface area contributed by atoms with E-state index in [0.717, 1.165) is 18.4 Å². The highest BCUT2D eigenvalue weighted by Gasteiger charge is 2.24. The topological polar surface area (TPSA) is 75.3 Å². The van der Waals surface area contributed by atoms with E-state index in [1.165, 1.54) is 12.1 Å². The smallest absolute Gasteiger partial charge is 0.251 e. The van der Waals surface area contributed by atoms with E-state index in [2.05, 4.69) is 10.0 Å². The Bertz CT molecular complexity index is 879. The van der Waals surface area contributed by atoms with Crippen molar-refractivity contribution in [2.24, 2.45) is 0 Å². The molecule has 2 N–H and O–H groups in total. The van der Waals surface area contributed by atoms with Gasteiger partial charge >= 0.3 is 0 Å². The third-order valence-electron chi connectivity index (χ3n) is 3.91. The van der Waals surface area contributed by atoms with Crippen LogP contribution in [-0.2, 0) is 16.4 Å². The largest absolute Gasteiger partial charge is 0.349 e. The molecule has 0 aliphatic heterocycles. The molecule has 5 nitrogen and oxygen atoms in total. The molecule has 0 heterocycles. The van der Waals surface area contributed by atoms with E-state index in [1.807, 2.05) is 12.1 Å². The van der Waals surface area contributed by atoms with Crippen LogP contribution in [0.1, 0.15) is 28.8 Å². The van der Waals surface area contributed by atoms with Crippen molar-refractivity contribution >= 4 is 27.5 Å². The number of halogens is 1. The van der Waals surface area contributed by atoms with Crippen LogP contribution in [0.2, 0.25) is 5.02 Å². The summed E-state index contributed by atoms with van der Waals surface area (Å²) in [4.78, 5) is 12.2. The summed E-state index contributed by atoms with van der Waals surface area (Å²) in [5.41, 5.74) is 1.30. The van der Waals surface area contributed by atoms with Crippen molar-refractivity contribution in [1.29, 1.82) is 0 Å². The van der Waals surface area contributed by atoms with Gasteiger partial charge < -0.3 is 5.32 Å². The van der Waals surface area contributed by atoms with Gasteiger partial charge in [0.2, 0.25) is 10.0 Å². The monoisotopic (exact) mass is 378 g/mol. The van der Waals surface area contributed by atoms with Crippen LogP contribution >= 0.6 is 11.6 Å². The molecule has 1 saturated carbocycles. The lowest BCUT2D eigenvalue weighted by Gasteiger charge is -2.09. The molecule has 25 heavy (non-hydrogen) atoms. The van der Waals surface area contributed by atoms with Gasteiger partial charge in [-0.3, -0.25) is 4.79 Å². The Balaban J connectivity index is 1.64. The highest BCUT2D eigenvalue weighted by Crippen LogP contribution is 2.20. The first-order valence-electron chi connectivity index (χ1n) is 8.09. The van der Waals surface area contributed by atoms with Gasteiger partial charge in [-0.15, -0.1) is 0 Å². The number of hydrogen-bond acceptors (Lipinski definition) is 3. The summed E-state index contributed by atoms with van der Waals surface area (Å²) in [6.45, 7) is 0.251. The number of amides is 1. The maximum atomic E-state index is 12.4. The molecule has 1 amide bonds. The van der Waals surface area contributed by atoms with Crippen molar-refractivity contribution in [3.05, 3.63) is 64.7 Å². The van der Waals surface area contributed by atoms with Crippen molar-refractivity contribution in [2.75, 3.05) is 6.54 Å². The molecule has 132 valence electrons. The Labute approximate surface area is 152 Å². The minimum absolute atomic E-state index is 0.0852. The number of carbonyl (C=O) groups excluding carboxylic acids is 1. The van der Waals surface area contributed by atoms with Crippen LogP contribution in [0, 0.1) is 0 Å². The van der Waals surface area contributed by atoms with Crippen molar-refractivity contribution < 1.29 is 13.2 Å². The van der Waals surface area contributed by atoms with Gasteiger partial charge in [0.15, 0.2) is 0 Å². The van der Waals surface area contributed by atoms with E-state index in [1.54, 1.807) is 24.3 Å². The summed E-state index contributed by atoms with van der Waals surface area (Å²) in [7, 11) is -3.67. The highest BCUT2D eigenvalue weighted by molar-refractivity contribution is 7.89. The molecular weight excluding hydrogens is 360 g/mol. The van der Waals surface area contributed by atoms with Crippen molar-refractivity contribution in [2.45, 2.75) is 30.2 Å². The standard InChI is InChI=1S/C18H19ClN2O3S/c19-15-5-1-3-13(11-15)9-10-20-25(23,24)17-6-2-4-14(12-17)18(22)21-16-7-8-16/h1-6,11-12,16,20H,7-10H2,(H,21,22). The summed E-state index contributed by atoms with van der Waals surface area (Å²) in [6.07, 6.45) is 2.49. The van der Waals surface area contributed by atoms with Crippen molar-refractivity contribution in [1.82, 2.24) is 10.0 Å². The van der Waals surface area contributed by atoms with Crippen molar-refractivity contribution in [3.63, 3.8) is 0 Å². The van der Waals surface area contributed by atoms with Gasteiger partial charge in [0.05, 0.1) is 4.90 Å². The van der Waals surface area contributed by atoms with Gasteiger partial charge in [0.25, 0.3) is 5.91 Å². The zero-order chi connectivity index (χ0) is 17.9. The lowest BCUT2D eigenvalue weighted by atomic mass is 10.2. The molecule has 0 spiro atoms. The van der Waals surface area contributed by atoms with Gasteiger partial charge in [0, 0.05) is 23.2 Å². The first-order chi connectivity index (χ1) is 11.9. The van der Waals surface area contributed by atoms with E-state index in [9.17, 15) is 13.2 Å². The average Bonchev–Trinajstić information content (AvgIpc) is 3.39. The third-order valence-corrected chi connectivity index (χ3v) is 5.61. The molecule has 0 atom stereocenters. The van der Waals surface area contributed by atoms with E-state index in [0.29, 0.717) is 17.0 Å². The number of carbonyl (C=O) groups is 1. The van der Waals surface area contributed by atoms with E-state index in [4.69, 9.17) is 11.6 Å². The van der Waals surface area contributed by atoms with Crippen molar-refractivity contribution in [3.8, 4) is 0 Å². The predicted octanol–water partition coefficient (Wildman–Crippen LogP) is 2.75. The zero-order valence-electron chi connectivity index (χ0n) is 13.5. The number of sulfonamides is 1. The molecule has 0 radical (unpaired) electrons. The fraction of sp³-hybridized carbons (Fsp3) is 0.278. The van der Waals surface area contributed by atoms with Crippen LogP contribution in [0.3, 0.4) is 0 Å². The highest BCUT2D eigenvalue weighted by atomic mass is 35.5. The van der Waals surface area contributed by atoms with Gasteiger partial charge in [-0.1, -0.05) is 29.8 Å². The second-order valence-corrected chi connectivity index (χ2v) is 8.26. The summed E-state index contributed by atoms with van der Waals surface area (Å²) in [6, 6.07) is 13.6. The number of rotatable bonds is 7. The lowest BCUT2D eigenvalue weighted by molar-refractivity contribution is 0.0951. The van der Waals surface area contributed by atoms with Crippen LogP contribution in [-0.4, -0.2) is 26.9 Å². The number of benzene rings is 2. The van der Waals surface area contributed by atoms with Crippen LogP contribution in [0.5, 0.6) is 0 Å². The van der Waals surface area contributed by atoms with E-state index in [-0.39, 0.29) is 23.4 Å². The lowest BCUT2D eigenvalue weighted by Crippen LogP contribution is -2.28. The van der Waals surface area contributed by atoms with Crippen LogP contribution in [0.15, 0.2) is 53.4 Å². The fourth-order valence-electron chi connectivity index (χ4n) is 2.41. The SMILES string of the molecule is O=C(NC1CC1)c1cccc(S(=O)(=O)NCCc2cccc(Cl)c2)c1. The van der Waals surface area contributed by atoms with Gasteiger partial charge in [-0.25, -0.2) is 13.1 Å². The molecule has 2 aromatic carbocycles. The molecule has 1 aliphatic rings. The normalized spacial score (nSPS) is 14.3. The Kier molecular flexibility index (Phi) is 5.42. The van der Waals surface area contributed by atoms with Gasteiger partial charge in [-0.2, -0.15) is 0 Å². The molecule has 2 aromatic rings.